The Bertz CT molecular complexity index is 1390. The molecule has 0 bridgehead atoms. The smallest absolute Gasteiger partial charge is 0.336 e. The van der Waals surface area contributed by atoms with E-state index < -0.39 is 10.9 Å². The number of nitro groups is 1. The van der Waals surface area contributed by atoms with Crippen molar-refractivity contribution in [2.45, 2.75) is 70.3 Å². The van der Waals surface area contributed by atoms with Crippen LogP contribution >= 0.6 is 0 Å². The molecule has 2 aliphatic rings. The number of ether oxygens (including phenoxy) is 1. The molecule has 2 fully saturated rings. The molecule has 2 aliphatic carbocycles. The first-order chi connectivity index (χ1) is 19.9. The zero-order valence-corrected chi connectivity index (χ0v) is 23.1. The lowest BCUT2D eigenvalue weighted by atomic mass is 9.75. The van der Waals surface area contributed by atoms with E-state index in [1.165, 1.54) is 62.8 Å². The number of hydrogen-bond donors (Lipinski definition) is 1. The van der Waals surface area contributed by atoms with E-state index in [0.717, 1.165) is 36.8 Å². The summed E-state index contributed by atoms with van der Waals surface area (Å²) >= 11 is 0. The lowest BCUT2D eigenvalue weighted by molar-refractivity contribution is -0.386. The van der Waals surface area contributed by atoms with Gasteiger partial charge >= 0.3 is 11.7 Å². The third-order valence-electron chi connectivity index (χ3n) is 8.59. The van der Waals surface area contributed by atoms with Gasteiger partial charge < -0.3 is 9.84 Å². The number of hydrogen-bond acceptors (Lipinski definition) is 4. The maximum atomic E-state index is 13.4. The molecule has 0 heterocycles. The minimum Gasteiger partial charge on any atom is -0.483 e. The maximum Gasteiger partial charge on any atom is 0.336 e. The third-order valence-corrected chi connectivity index (χ3v) is 8.59. The van der Waals surface area contributed by atoms with Crippen molar-refractivity contribution in [1.29, 1.82) is 0 Å². The normalized spacial score (nSPS) is 16.7. The molecule has 1 N–H and O–H groups in total. The number of nitrogens with zero attached hydrogens (tertiary/aromatic N) is 1. The number of halogens is 1. The van der Waals surface area contributed by atoms with Gasteiger partial charge in [-0.1, -0.05) is 74.9 Å². The summed E-state index contributed by atoms with van der Waals surface area (Å²) in [5, 5.41) is 21.9. The summed E-state index contributed by atoms with van der Waals surface area (Å²) in [7, 11) is 0. The standard InChI is InChI=1S/C34H36FNO5/c35-29-17-14-24(15-18-29)27-16-19-30(34(37)38)28(22-27)13-11-23-12-20-32(31(21-23)36(39)40)41-33(25-7-3-1-4-8-25)26-9-5-2-6-10-26/h11-22,25-26,33H,1-10H2,(H,37,38). The molecule has 7 heteroatoms. The van der Waals surface area contributed by atoms with Gasteiger partial charge in [-0.25, -0.2) is 9.18 Å². The minimum absolute atomic E-state index is 0.0111. The molecule has 5 rings (SSSR count). The largest absolute Gasteiger partial charge is 0.483 e. The summed E-state index contributed by atoms with van der Waals surface area (Å²) < 4.78 is 19.9. The predicted molar refractivity (Wildman–Crippen MR) is 158 cm³/mol. The van der Waals surface area contributed by atoms with Crippen LogP contribution in [0.3, 0.4) is 0 Å². The average Bonchev–Trinajstić information content (AvgIpc) is 3.00. The van der Waals surface area contributed by atoms with Crippen LogP contribution in [0, 0.1) is 27.8 Å². The molecule has 3 aromatic carbocycles. The van der Waals surface area contributed by atoms with E-state index in [1.54, 1.807) is 48.6 Å². The fourth-order valence-electron chi connectivity index (χ4n) is 6.43. The van der Waals surface area contributed by atoms with Gasteiger partial charge in [-0.2, -0.15) is 0 Å². The summed E-state index contributed by atoms with van der Waals surface area (Å²) in [6, 6.07) is 15.8. The molecule has 0 spiro atoms. The summed E-state index contributed by atoms with van der Waals surface area (Å²) in [5.74, 6) is -0.282. The van der Waals surface area contributed by atoms with Gasteiger partial charge in [-0.3, -0.25) is 10.1 Å². The molecule has 0 unspecified atom stereocenters. The van der Waals surface area contributed by atoms with Crippen LogP contribution in [0.1, 0.15) is 85.7 Å². The fraction of sp³-hybridized carbons (Fsp3) is 0.382. The van der Waals surface area contributed by atoms with E-state index in [1.807, 2.05) is 0 Å². The average molecular weight is 558 g/mol. The van der Waals surface area contributed by atoms with Gasteiger partial charge in [0.05, 0.1) is 10.5 Å². The molecule has 0 aliphatic heterocycles. The second-order valence-electron chi connectivity index (χ2n) is 11.3. The molecule has 0 atom stereocenters. The van der Waals surface area contributed by atoms with Gasteiger partial charge in [0.2, 0.25) is 0 Å². The highest BCUT2D eigenvalue weighted by Gasteiger charge is 2.34. The van der Waals surface area contributed by atoms with Crippen molar-refractivity contribution >= 4 is 23.8 Å². The SMILES string of the molecule is O=C(O)c1ccc(-c2ccc(F)cc2)cc1C=Cc1ccc(OC(C2CCCCC2)C2CCCCC2)c([N+](=O)[O-])c1. The van der Waals surface area contributed by atoms with Crippen molar-refractivity contribution in [1.82, 2.24) is 0 Å². The van der Waals surface area contributed by atoms with Crippen LogP contribution in [0.4, 0.5) is 10.1 Å². The molecule has 0 saturated heterocycles. The Balaban J connectivity index is 1.42. The number of carboxylic acids is 1. The van der Waals surface area contributed by atoms with Gasteiger partial charge in [0.1, 0.15) is 11.9 Å². The highest BCUT2D eigenvalue weighted by atomic mass is 19.1. The molecule has 0 amide bonds. The number of rotatable bonds is 9. The van der Waals surface area contributed by atoms with Crippen molar-refractivity contribution in [3.63, 3.8) is 0 Å². The lowest BCUT2D eigenvalue weighted by Crippen LogP contribution is -2.37. The Morgan fingerprint density at radius 2 is 1.46 bits per heavy atom. The number of carbonyl (C=O) groups is 1. The van der Waals surface area contributed by atoms with Crippen LogP contribution in [-0.2, 0) is 0 Å². The van der Waals surface area contributed by atoms with Crippen LogP contribution in [0.2, 0.25) is 0 Å². The Hall–Kier alpha value is -4.00. The van der Waals surface area contributed by atoms with E-state index in [2.05, 4.69) is 0 Å². The van der Waals surface area contributed by atoms with Crippen LogP contribution < -0.4 is 4.74 Å². The van der Waals surface area contributed by atoms with Gasteiger partial charge in [0.25, 0.3) is 0 Å². The number of nitro benzene ring substituents is 1. The number of carboxylic acid groups (broad SMARTS) is 1. The highest BCUT2D eigenvalue weighted by Crippen LogP contribution is 2.40. The summed E-state index contributed by atoms with van der Waals surface area (Å²) in [5.41, 5.74) is 2.52. The van der Waals surface area contributed by atoms with Crippen molar-refractivity contribution in [2.75, 3.05) is 0 Å². The number of aromatic carboxylic acids is 1. The van der Waals surface area contributed by atoms with Crippen LogP contribution in [-0.4, -0.2) is 22.1 Å². The topological polar surface area (TPSA) is 89.7 Å². The molecule has 0 radical (unpaired) electrons. The Labute approximate surface area is 240 Å². The first-order valence-electron chi connectivity index (χ1n) is 14.7. The van der Waals surface area contributed by atoms with Crippen molar-refractivity contribution in [3.8, 4) is 16.9 Å². The summed E-state index contributed by atoms with van der Waals surface area (Å²) in [4.78, 5) is 23.6. The van der Waals surface area contributed by atoms with E-state index in [0.29, 0.717) is 28.7 Å². The van der Waals surface area contributed by atoms with E-state index in [9.17, 15) is 24.4 Å². The van der Waals surface area contributed by atoms with E-state index in [-0.39, 0.29) is 23.2 Å². The minimum atomic E-state index is -1.08. The van der Waals surface area contributed by atoms with Crippen molar-refractivity contribution in [2.24, 2.45) is 11.8 Å². The maximum absolute atomic E-state index is 13.4. The molecule has 6 nitrogen and oxygen atoms in total. The predicted octanol–water partition coefficient (Wildman–Crippen LogP) is 9.18. The molecular weight excluding hydrogens is 521 g/mol. The van der Waals surface area contributed by atoms with E-state index in [4.69, 9.17) is 4.74 Å². The monoisotopic (exact) mass is 557 g/mol. The lowest BCUT2D eigenvalue weighted by Gasteiger charge is -2.37. The molecule has 214 valence electrons. The molecule has 3 aromatic rings. The molecule has 41 heavy (non-hydrogen) atoms. The Morgan fingerprint density at radius 1 is 0.854 bits per heavy atom. The summed E-state index contributed by atoms with van der Waals surface area (Å²) in [6.07, 6.45) is 15.0. The molecule has 0 aromatic heterocycles. The Morgan fingerprint density at radius 3 is 2.05 bits per heavy atom. The first kappa shape index (κ1) is 28.5. The van der Waals surface area contributed by atoms with Gasteiger partial charge in [0.15, 0.2) is 5.75 Å². The van der Waals surface area contributed by atoms with Gasteiger partial charge in [-0.15, -0.1) is 0 Å². The van der Waals surface area contributed by atoms with Crippen molar-refractivity contribution < 1.29 is 24.0 Å². The second-order valence-corrected chi connectivity index (χ2v) is 11.3. The van der Waals surface area contributed by atoms with Crippen LogP contribution in [0.15, 0.2) is 60.7 Å². The van der Waals surface area contributed by atoms with Crippen LogP contribution in [0.5, 0.6) is 5.75 Å². The van der Waals surface area contributed by atoms with Gasteiger partial charge in [-0.05, 0) is 90.1 Å². The third kappa shape index (κ3) is 7.02. The molecular formula is C34H36FNO5. The van der Waals surface area contributed by atoms with E-state index >= 15 is 0 Å². The first-order valence-corrected chi connectivity index (χ1v) is 14.7. The van der Waals surface area contributed by atoms with Crippen molar-refractivity contribution in [3.05, 3.63) is 93.3 Å². The van der Waals surface area contributed by atoms with Gasteiger partial charge in [0, 0.05) is 6.07 Å². The zero-order chi connectivity index (χ0) is 28.8. The Kier molecular flexibility index (Phi) is 9.12. The second kappa shape index (κ2) is 13.1. The number of benzene rings is 3. The zero-order valence-electron chi connectivity index (χ0n) is 23.1. The quantitative estimate of drug-likeness (QED) is 0.161. The highest BCUT2D eigenvalue weighted by molar-refractivity contribution is 5.94. The fourth-order valence-corrected chi connectivity index (χ4v) is 6.43. The molecule has 2 saturated carbocycles. The van der Waals surface area contributed by atoms with Crippen LogP contribution in [0.25, 0.3) is 23.3 Å². The summed E-state index contributed by atoms with van der Waals surface area (Å²) in [6.45, 7) is 0.